The van der Waals surface area contributed by atoms with Crippen LogP contribution in [0.25, 0.3) is 0 Å². The minimum Gasteiger partial charge on any atom is -0.383 e. The second-order valence-corrected chi connectivity index (χ2v) is 3.61. The molecule has 15 heavy (non-hydrogen) atoms. The molecule has 0 N–H and O–H groups in total. The van der Waals surface area contributed by atoms with Crippen LogP contribution in [0.4, 0.5) is 0 Å². The molecule has 0 aliphatic rings. The highest BCUT2D eigenvalue weighted by molar-refractivity contribution is 7.80. The van der Waals surface area contributed by atoms with Crippen molar-refractivity contribution in [1.82, 2.24) is 4.90 Å². The predicted octanol–water partition coefficient (Wildman–Crippen LogP) is 0.528. The standard InChI is InChI=1S/C10H23NO3S/c1-12-6-3-11(4-7-13-2)5-8-14-9-10-15/h15H,3-10H2,1-2H3. The lowest BCUT2D eigenvalue weighted by Gasteiger charge is -2.21. The maximum absolute atomic E-state index is 5.37. The molecule has 0 saturated heterocycles. The minimum atomic E-state index is 0.714. The summed E-state index contributed by atoms with van der Waals surface area (Å²) in [5.41, 5.74) is 0. The summed E-state index contributed by atoms with van der Waals surface area (Å²) in [7, 11) is 3.43. The first-order valence-corrected chi connectivity index (χ1v) is 5.87. The Bertz CT molecular complexity index is 119. The molecule has 0 aromatic heterocycles. The molecule has 5 heteroatoms. The molecule has 0 aromatic carbocycles. The van der Waals surface area contributed by atoms with Crippen LogP contribution in [0.5, 0.6) is 0 Å². The molecule has 0 bridgehead atoms. The van der Waals surface area contributed by atoms with Crippen molar-refractivity contribution in [2.75, 3.05) is 66.0 Å². The molecule has 0 aromatic rings. The summed E-state index contributed by atoms with van der Waals surface area (Å²) < 4.78 is 15.5. The fraction of sp³-hybridized carbons (Fsp3) is 1.00. The highest BCUT2D eigenvalue weighted by atomic mass is 32.1. The van der Waals surface area contributed by atoms with E-state index in [1.807, 2.05) is 0 Å². The Morgan fingerprint density at radius 2 is 1.40 bits per heavy atom. The summed E-state index contributed by atoms with van der Waals surface area (Å²) in [6, 6.07) is 0. The lowest BCUT2D eigenvalue weighted by Crippen LogP contribution is -2.33. The van der Waals surface area contributed by atoms with E-state index in [2.05, 4.69) is 17.5 Å². The molecule has 0 saturated carbocycles. The zero-order valence-corrected chi connectivity index (χ0v) is 10.7. The predicted molar refractivity (Wildman–Crippen MR) is 64.9 cm³/mol. The van der Waals surface area contributed by atoms with Crippen LogP contribution in [-0.2, 0) is 14.2 Å². The van der Waals surface area contributed by atoms with Crippen LogP contribution >= 0.6 is 12.6 Å². The summed E-state index contributed by atoms with van der Waals surface area (Å²) in [5, 5.41) is 0. The van der Waals surface area contributed by atoms with Gasteiger partial charge in [0.05, 0.1) is 26.4 Å². The van der Waals surface area contributed by atoms with Gasteiger partial charge in [-0.05, 0) is 0 Å². The van der Waals surface area contributed by atoms with Gasteiger partial charge in [0, 0.05) is 39.6 Å². The number of hydrogen-bond acceptors (Lipinski definition) is 5. The van der Waals surface area contributed by atoms with Gasteiger partial charge in [0.15, 0.2) is 0 Å². The summed E-state index contributed by atoms with van der Waals surface area (Å²) >= 11 is 4.08. The first-order valence-electron chi connectivity index (χ1n) is 5.24. The monoisotopic (exact) mass is 237 g/mol. The fourth-order valence-electron chi connectivity index (χ4n) is 1.14. The van der Waals surface area contributed by atoms with Crippen molar-refractivity contribution >= 4 is 12.6 Å². The Balaban J connectivity index is 3.49. The van der Waals surface area contributed by atoms with Crippen LogP contribution in [0.2, 0.25) is 0 Å². The number of ether oxygens (including phenoxy) is 3. The third-order valence-electron chi connectivity index (χ3n) is 2.01. The van der Waals surface area contributed by atoms with E-state index in [1.165, 1.54) is 0 Å². The highest BCUT2D eigenvalue weighted by Gasteiger charge is 2.03. The second kappa shape index (κ2) is 12.3. The van der Waals surface area contributed by atoms with Crippen LogP contribution in [0.15, 0.2) is 0 Å². The van der Waals surface area contributed by atoms with Gasteiger partial charge in [-0.2, -0.15) is 12.6 Å². The molecule has 0 amide bonds. The first-order chi connectivity index (χ1) is 7.35. The van der Waals surface area contributed by atoms with Gasteiger partial charge in [-0.15, -0.1) is 0 Å². The van der Waals surface area contributed by atoms with Gasteiger partial charge in [-0.25, -0.2) is 0 Å². The summed E-state index contributed by atoms with van der Waals surface area (Å²) in [6.07, 6.45) is 0. The van der Waals surface area contributed by atoms with Crippen molar-refractivity contribution in [3.8, 4) is 0 Å². The van der Waals surface area contributed by atoms with E-state index in [4.69, 9.17) is 14.2 Å². The molecule has 0 spiro atoms. The SMILES string of the molecule is COCCN(CCOC)CCOCCS. The van der Waals surface area contributed by atoms with Crippen molar-refractivity contribution in [2.45, 2.75) is 0 Å². The minimum absolute atomic E-state index is 0.714. The summed E-state index contributed by atoms with van der Waals surface area (Å²) in [5.74, 6) is 0.774. The van der Waals surface area contributed by atoms with Crippen LogP contribution in [-0.4, -0.2) is 70.9 Å². The van der Waals surface area contributed by atoms with Crippen molar-refractivity contribution in [3.63, 3.8) is 0 Å². The van der Waals surface area contributed by atoms with Gasteiger partial charge in [-0.1, -0.05) is 0 Å². The van der Waals surface area contributed by atoms with Gasteiger partial charge in [-0.3, -0.25) is 4.90 Å². The van der Waals surface area contributed by atoms with E-state index in [0.29, 0.717) is 6.61 Å². The summed E-state index contributed by atoms with van der Waals surface area (Å²) in [6.45, 7) is 5.71. The molecule has 4 nitrogen and oxygen atoms in total. The van der Waals surface area contributed by atoms with E-state index >= 15 is 0 Å². The van der Waals surface area contributed by atoms with E-state index in [9.17, 15) is 0 Å². The molecule has 92 valence electrons. The third kappa shape index (κ3) is 10.5. The second-order valence-electron chi connectivity index (χ2n) is 3.16. The van der Waals surface area contributed by atoms with Gasteiger partial charge in [0.2, 0.25) is 0 Å². The Labute approximate surface area is 98.3 Å². The normalized spacial score (nSPS) is 11.2. The third-order valence-corrected chi connectivity index (χ3v) is 2.19. The Morgan fingerprint density at radius 1 is 0.867 bits per heavy atom. The lowest BCUT2D eigenvalue weighted by molar-refractivity contribution is 0.0781. The molecular formula is C10H23NO3S. The largest absolute Gasteiger partial charge is 0.383 e. The van der Waals surface area contributed by atoms with Gasteiger partial charge in [0.25, 0.3) is 0 Å². The molecule has 0 unspecified atom stereocenters. The van der Waals surface area contributed by atoms with Gasteiger partial charge < -0.3 is 14.2 Å². The zero-order chi connectivity index (χ0) is 11.4. The number of methoxy groups -OCH3 is 2. The Kier molecular flexibility index (Phi) is 12.4. The van der Waals surface area contributed by atoms with E-state index in [0.717, 1.165) is 45.2 Å². The van der Waals surface area contributed by atoms with Gasteiger partial charge in [0.1, 0.15) is 0 Å². The van der Waals surface area contributed by atoms with Crippen LogP contribution in [0, 0.1) is 0 Å². The number of nitrogens with zero attached hydrogens (tertiary/aromatic N) is 1. The number of thiol groups is 1. The van der Waals surface area contributed by atoms with Gasteiger partial charge >= 0.3 is 0 Å². The quantitative estimate of drug-likeness (QED) is 0.419. The maximum atomic E-state index is 5.37. The average Bonchev–Trinajstić information content (AvgIpc) is 2.27. The van der Waals surface area contributed by atoms with E-state index < -0.39 is 0 Å². The number of rotatable bonds is 11. The van der Waals surface area contributed by atoms with Crippen molar-refractivity contribution in [3.05, 3.63) is 0 Å². The maximum Gasteiger partial charge on any atom is 0.0593 e. The van der Waals surface area contributed by atoms with Crippen molar-refractivity contribution < 1.29 is 14.2 Å². The van der Waals surface area contributed by atoms with Crippen LogP contribution < -0.4 is 0 Å². The molecule has 0 atom stereocenters. The highest BCUT2D eigenvalue weighted by Crippen LogP contribution is 1.90. The molecular weight excluding hydrogens is 214 g/mol. The first kappa shape index (κ1) is 15.2. The molecule has 0 aliphatic heterocycles. The van der Waals surface area contributed by atoms with Crippen molar-refractivity contribution in [2.24, 2.45) is 0 Å². The fourth-order valence-corrected chi connectivity index (χ4v) is 1.27. The van der Waals surface area contributed by atoms with E-state index in [-0.39, 0.29) is 0 Å². The lowest BCUT2D eigenvalue weighted by atomic mass is 10.4. The molecule has 0 rings (SSSR count). The molecule has 0 radical (unpaired) electrons. The van der Waals surface area contributed by atoms with Crippen molar-refractivity contribution in [1.29, 1.82) is 0 Å². The summed E-state index contributed by atoms with van der Waals surface area (Å²) in [4.78, 5) is 2.27. The molecule has 0 fully saturated rings. The van der Waals surface area contributed by atoms with Crippen LogP contribution in [0.1, 0.15) is 0 Å². The molecule has 0 heterocycles. The van der Waals surface area contributed by atoms with Crippen LogP contribution in [0.3, 0.4) is 0 Å². The average molecular weight is 237 g/mol. The number of hydrogen-bond donors (Lipinski definition) is 1. The van der Waals surface area contributed by atoms with E-state index in [1.54, 1.807) is 14.2 Å². The molecule has 0 aliphatic carbocycles. The smallest absolute Gasteiger partial charge is 0.0593 e. The Hall–Kier alpha value is 0.190. The Morgan fingerprint density at radius 3 is 1.87 bits per heavy atom. The topological polar surface area (TPSA) is 30.9 Å². The zero-order valence-electron chi connectivity index (χ0n) is 9.78.